The van der Waals surface area contributed by atoms with E-state index < -0.39 is 18.3 Å². The molecule has 0 amide bonds. The van der Waals surface area contributed by atoms with Crippen molar-refractivity contribution in [1.82, 2.24) is 0 Å². The van der Waals surface area contributed by atoms with Crippen LogP contribution < -0.4 is 9.47 Å². The highest BCUT2D eigenvalue weighted by Gasteiger charge is 2.44. The molecule has 3 rings (SSSR count). The molecule has 0 spiro atoms. The zero-order valence-corrected chi connectivity index (χ0v) is 17.7. The van der Waals surface area contributed by atoms with Crippen molar-refractivity contribution in [3.05, 3.63) is 46.9 Å². The highest BCUT2D eigenvalue weighted by molar-refractivity contribution is 5.47. The smallest absolute Gasteiger partial charge is 0.161 e. The predicted molar refractivity (Wildman–Crippen MR) is 108 cm³/mol. The number of fused-ring (bicyclic) bond motifs is 1. The van der Waals surface area contributed by atoms with Crippen LogP contribution in [0.5, 0.6) is 11.5 Å². The van der Waals surface area contributed by atoms with Crippen LogP contribution in [-0.2, 0) is 14.2 Å². The molecule has 0 bridgehead atoms. The Balaban J connectivity index is 1.98. The van der Waals surface area contributed by atoms with Crippen LogP contribution in [-0.4, -0.2) is 69.2 Å². The van der Waals surface area contributed by atoms with Gasteiger partial charge in [-0.2, -0.15) is 0 Å². The van der Waals surface area contributed by atoms with Crippen LogP contribution in [0, 0.1) is 11.8 Å². The first-order valence-electron chi connectivity index (χ1n) is 9.83. The van der Waals surface area contributed by atoms with Crippen molar-refractivity contribution in [3.63, 3.8) is 0 Å². The van der Waals surface area contributed by atoms with Crippen molar-refractivity contribution >= 4 is 0 Å². The molecule has 8 nitrogen and oxygen atoms in total. The minimum atomic E-state index is -0.932. The third-order valence-electron chi connectivity index (χ3n) is 5.82. The van der Waals surface area contributed by atoms with E-state index in [-0.39, 0.29) is 25.0 Å². The number of hydrogen-bond donors (Lipinski definition) is 3. The van der Waals surface area contributed by atoms with Gasteiger partial charge in [-0.15, -0.1) is 0 Å². The zero-order valence-electron chi connectivity index (χ0n) is 17.7. The van der Waals surface area contributed by atoms with Crippen LogP contribution in [0.4, 0.5) is 0 Å². The summed E-state index contributed by atoms with van der Waals surface area (Å²) in [7, 11) is 6.13. The molecule has 1 aliphatic carbocycles. The van der Waals surface area contributed by atoms with Crippen molar-refractivity contribution in [1.29, 1.82) is 0 Å². The van der Waals surface area contributed by atoms with Crippen molar-refractivity contribution in [3.8, 4) is 11.5 Å². The van der Waals surface area contributed by atoms with E-state index in [1.807, 2.05) is 18.2 Å². The van der Waals surface area contributed by atoms with Crippen molar-refractivity contribution < 1.29 is 39.0 Å². The van der Waals surface area contributed by atoms with Gasteiger partial charge in [-0.3, -0.25) is 0 Å². The first kappa shape index (κ1) is 22.4. The largest absolute Gasteiger partial charge is 0.497 e. The van der Waals surface area contributed by atoms with Gasteiger partial charge in [0.15, 0.2) is 17.3 Å². The maximum atomic E-state index is 10.7. The van der Waals surface area contributed by atoms with E-state index in [0.717, 1.165) is 11.1 Å². The van der Waals surface area contributed by atoms with Gasteiger partial charge in [0.2, 0.25) is 0 Å². The summed E-state index contributed by atoms with van der Waals surface area (Å²) in [6, 6.07) is 5.50. The lowest BCUT2D eigenvalue weighted by atomic mass is 9.82. The summed E-state index contributed by atoms with van der Waals surface area (Å²) in [4.78, 5) is 0. The maximum absolute atomic E-state index is 10.7. The third kappa shape index (κ3) is 4.00. The van der Waals surface area contributed by atoms with E-state index in [0.29, 0.717) is 29.4 Å². The number of allylic oxidation sites excluding steroid dienone is 2. The quantitative estimate of drug-likeness (QED) is 0.550. The molecule has 166 valence electrons. The Kier molecular flexibility index (Phi) is 7.25. The molecule has 1 saturated heterocycles. The minimum Gasteiger partial charge on any atom is -0.497 e. The lowest BCUT2D eigenvalue weighted by Crippen LogP contribution is -2.38. The standard InChI is InChI=1S/C22H30O8/c1-26-16-6-5-12(8-17(16)27-2)21-15(10-23)14-7-13(20(25)19(11-24)29-4)9-18(28-3)22(14)30-21/h5-8,13,15,19-21,23-25H,9-11H2,1-4H3. The third-order valence-corrected chi connectivity index (χ3v) is 5.82. The summed E-state index contributed by atoms with van der Waals surface area (Å²) < 4.78 is 27.7. The molecule has 30 heavy (non-hydrogen) atoms. The lowest BCUT2D eigenvalue weighted by molar-refractivity contribution is -0.0594. The van der Waals surface area contributed by atoms with Crippen molar-refractivity contribution in [2.45, 2.75) is 24.7 Å². The number of ether oxygens (including phenoxy) is 5. The summed E-state index contributed by atoms with van der Waals surface area (Å²) in [5, 5.41) is 30.4. The second-order valence-corrected chi connectivity index (χ2v) is 7.34. The maximum Gasteiger partial charge on any atom is 0.161 e. The Morgan fingerprint density at radius 1 is 1.07 bits per heavy atom. The molecule has 3 N–H and O–H groups in total. The molecule has 1 aliphatic heterocycles. The van der Waals surface area contributed by atoms with E-state index in [2.05, 4.69) is 0 Å². The van der Waals surface area contributed by atoms with Crippen LogP contribution >= 0.6 is 0 Å². The number of aliphatic hydroxyl groups excluding tert-OH is 3. The van der Waals surface area contributed by atoms with E-state index in [1.165, 1.54) is 7.11 Å². The Labute approximate surface area is 176 Å². The highest BCUT2D eigenvalue weighted by atomic mass is 16.5. The second-order valence-electron chi connectivity index (χ2n) is 7.34. The van der Waals surface area contributed by atoms with Crippen LogP contribution in [0.25, 0.3) is 0 Å². The molecule has 2 aliphatic rings. The van der Waals surface area contributed by atoms with E-state index in [1.54, 1.807) is 27.4 Å². The summed E-state index contributed by atoms with van der Waals surface area (Å²) in [6.07, 6.45) is 0.189. The van der Waals surface area contributed by atoms with Gasteiger partial charge in [0.05, 0.1) is 46.6 Å². The monoisotopic (exact) mass is 422 g/mol. The van der Waals surface area contributed by atoms with E-state index in [4.69, 9.17) is 23.7 Å². The molecule has 1 aromatic rings. The molecule has 5 unspecified atom stereocenters. The Morgan fingerprint density at radius 3 is 2.37 bits per heavy atom. The minimum absolute atomic E-state index is 0.151. The van der Waals surface area contributed by atoms with Gasteiger partial charge in [0.25, 0.3) is 0 Å². The molecular weight excluding hydrogens is 392 g/mol. The van der Waals surface area contributed by atoms with E-state index >= 15 is 0 Å². The SMILES string of the molecule is COC1=C2OC(c3ccc(OC)c(OC)c3)C(CO)C2=CC(C(O)C(CO)OC)C1. The van der Waals surface area contributed by atoms with Gasteiger partial charge in [-0.1, -0.05) is 12.1 Å². The Bertz CT molecular complexity index is 798. The summed E-state index contributed by atoms with van der Waals surface area (Å²) in [6.45, 7) is -0.452. The highest BCUT2D eigenvalue weighted by Crippen LogP contribution is 2.50. The molecule has 5 atom stereocenters. The van der Waals surface area contributed by atoms with Crippen molar-refractivity contribution in [2.75, 3.05) is 41.7 Å². The number of rotatable bonds is 9. The van der Waals surface area contributed by atoms with Crippen LogP contribution in [0.1, 0.15) is 18.1 Å². The number of hydrogen-bond acceptors (Lipinski definition) is 8. The van der Waals surface area contributed by atoms with Gasteiger partial charge < -0.3 is 39.0 Å². The van der Waals surface area contributed by atoms with Crippen molar-refractivity contribution in [2.24, 2.45) is 11.8 Å². The molecule has 1 heterocycles. The number of benzene rings is 1. The normalized spacial score (nSPS) is 25.2. The number of methoxy groups -OCH3 is 4. The zero-order chi connectivity index (χ0) is 21.8. The summed E-state index contributed by atoms with van der Waals surface area (Å²) in [5.74, 6) is 1.64. The fourth-order valence-electron chi connectivity index (χ4n) is 4.15. The van der Waals surface area contributed by atoms with Gasteiger partial charge in [0, 0.05) is 25.0 Å². The molecule has 0 radical (unpaired) electrons. The van der Waals surface area contributed by atoms with E-state index in [9.17, 15) is 15.3 Å². The second kappa shape index (κ2) is 9.70. The topological polar surface area (TPSA) is 107 Å². The molecule has 8 heteroatoms. The van der Waals surface area contributed by atoms with Gasteiger partial charge in [-0.05, 0) is 17.7 Å². The molecule has 1 fully saturated rings. The Hall–Kier alpha value is -2.26. The Morgan fingerprint density at radius 2 is 1.80 bits per heavy atom. The predicted octanol–water partition coefficient (Wildman–Crippen LogP) is 1.56. The average Bonchev–Trinajstić information content (AvgIpc) is 3.17. The fraction of sp³-hybridized carbons (Fsp3) is 0.545. The van der Waals surface area contributed by atoms with Gasteiger partial charge in [0.1, 0.15) is 18.0 Å². The van der Waals surface area contributed by atoms with Gasteiger partial charge in [-0.25, -0.2) is 0 Å². The first-order valence-corrected chi connectivity index (χ1v) is 9.83. The van der Waals surface area contributed by atoms with Crippen LogP contribution in [0.2, 0.25) is 0 Å². The first-order chi connectivity index (χ1) is 14.5. The van der Waals surface area contributed by atoms with Crippen LogP contribution in [0.3, 0.4) is 0 Å². The molecule has 1 aromatic carbocycles. The molecule has 0 aromatic heterocycles. The number of aliphatic hydroxyl groups is 3. The molecule has 0 saturated carbocycles. The summed E-state index contributed by atoms with van der Waals surface area (Å²) >= 11 is 0. The van der Waals surface area contributed by atoms with Gasteiger partial charge >= 0.3 is 0 Å². The fourth-order valence-corrected chi connectivity index (χ4v) is 4.15. The average molecular weight is 422 g/mol. The molecular formula is C22H30O8. The van der Waals surface area contributed by atoms with Crippen LogP contribution in [0.15, 0.2) is 41.4 Å². The lowest BCUT2D eigenvalue weighted by Gasteiger charge is -2.30. The summed E-state index contributed by atoms with van der Waals surface area (Å²) in [5.41, 5.74) is 1.60.